The highest BCUT2D eigenvalue weighted by Crippen LogP contribution is 2.12. The van der Waals surface area contributed by atoms with E-state index in [9.17, 15) is 9.59 Å². The quantitative estimate of drug-likeness (QED) is 0.670. The summed E-state index contributed by atoms with van der Waals surface area (Å²) in [6, 6.07) is -0.251. The summed E-state index contributed by atoms with van der Waals surface area (Å²) >= 11 is 1.27. The van der Waals surface area contributed by atoms with E-state index in [1.54, 1.807) is 0 Å². The van der Waals surface area contributed by atoms with E-state index in [0.717, 1.165) is 0 Å². The summed E-state index contributed by atoms with van der Waals surface area (Å²) in [4.78, 5) is 26.4. The summed E-state index contributed by atoms with van der Waals surface area (Å²) in [6.45, 7) is 1.18. The van der Waals surface area contributed by atoms with Gasteiger partial charge in [-0.1, -0.05) is 0 Å². The van der Waals surface area contributed by atoms with E-state index < -0.39 is 5.97 Å². The second-order valence-corrected chi connectivity index (χ2v) is 5.22. The number of thiazole rings is 1. The molecule has 0 radical (unpaired) electrons. The van der Waals surface area contributed by atoms with Crippen LogP contribution in [-0.2, 0) is 16.0 Å². The summed E-state index contributed by atoms with van der Waals surface area (Å²) < 4.78 is 5.12. The largest absolute Gasteiger partial charge is 0.476 e. The van der Waals surface area contributed by atoms with Gasteiger partial charge in [0.2, 0.25) is 5.91 Å². The molecule has 19 heavy (non-hydrogen) atoms. The standard InChI is InChI=1S/C11H15N3O4S/c12-7-4-18-3-6(7)10(15)13-2-1-9-14-8(5-19-9)11(16)17/h5-7H,1-4,12H2,(H,13,15)(H,16,17). The Morgan fingerprint density at radius 3 is 2.95 bits per heavy atom. The molecule has 1 amide bonds. The Labute approximate surface area is 113 Å². The second-order valence-electron chi connectivity index (χ2n) is 4.28. The first-order valence-electron chi connectivity index (χ1n) is 5.86. The van der Waals surface area contributed by atoms with Gasteiger partial charge in [-0.15, -0.1) is 11.3 Å². The lowest BCUT2D eigenvalue weighted by Gasteiger charge is -2.12. The minimum absolute atomic E-state index is 0.0394. The SMILES string of the molecule is NC1COCC1C(=O)NCCc1nc(C(=O)O)cs1. The van der Waals surface area contributed by atoms with Gasteiger partial charge in [0, 0.05) is 24.4 Å². The fraction of sp³-hybridized carbons (Fsp3) is 0.545. The smallest absolute Gasteiger partial charge is 0.355 e. The average Bonchev–Trinajstić information content (AvgIpc) is 2.97. The molecule has 4 N–H and O–H groups in total. The molecule has 1 aliphatic heterocycles. The lowest BCUT2D eigenvalue weighted by Crippen LogP contribution is -2.41. The van der Waals surface area contributed by atoms with Gasteiger partial charge in [0.05, 0.1) is 24.1 Å². The molecule has 0 spiro atoms. The normalized spacial score (nSPS) is 22.4. The van der Waals surface area contributed by atoms with Gasteiger partial charge in [0.1, 0.15) is 0 Å². The average molecular weight is 285 g/mol. The number of carbonyl (C=O) groups is 2. The highest BCUT2D eigenvalue weighted by atomic mass is 32.1. The zero-order valence-electron chi connectivity index (χ0n) is 10.2. The third-order valence-corrected chi connectivity index (χ3v) is 3.78. The molecule has 2 rings (SSSR count). The summed E-state index contributed by atoms with van der Waals surface area (Å²) in [6.07, 6.45) is 0.506. The van der Waals surface area contributed by atoms with Crippen LogP contribution in [0.1, 0.15) is 15.5 Å². The molecule has 2 atom stereocenters. The molecule has 1 aliphatic rings. The number of nitrogens with one attached hydrogen (secondary N) is 1. The van der Waals surface area contributed by atoms with Crippen LogP contribution < -0.4 is 11.1 Å². The van der Waals surface area contributed by atoms with Crippen LogP contribution in [0, 0.1) is 5.92 Å². The molecule has 0 bridgehead atoms. The maximum Gasteiger partial charge on any atom is 0.355 e. The molecule has 0 aliphatic carbocycles. The third-order valence-electron chi connectivity index (χ3n) is 2.87. The Kier molecular flexibility index (Phi) is 4.46. The second kappa shape index (κ2) is 6.09. The fourth-order valence-corrected chi connectivity index (χ4v) is 2.56. The van der Waals surface area contributed by atoms with Gasteiger partial charge in [-0.05, 0) is 0 Å². The van der Waals surface area contributed by atoms with Crippen LogP contribution in [0.3, 0.4) is 0 Å². The molecule has 1 fully saturated rings. The molecule has 1 aromatic heterocycles. The summed E-state index contributed by atoms with van der Waals surface area (Å²) in [5.41, 5.74) is 5.78. The van der Waals surface area contributed by atoms with Gasteiger partial charge in [-0.25, -0.2) is 9.78 Å². The Morgan fingerprint density at radius 1 is 1.58 bits per heavy atom. The molecule has 1 saturated heterocycles. The van der Waals surface area contributed by atoms with Crippen molar-refractivity contribution in [1.29, 1.82) is 0 Å². The van der Waals surface area contributed by atoms with Crippen LogP contribution >= 0.6 is 11.3 Å². The first-order valence-corrected chi connectivity index (χ1v) is 6.74. The van der Waals surface area contributed by atoms with E-state index in [-0.39, 0.29) is 23.6 Å². The van der Waals surface area contributed by atoms with Gasteiger partial charge >= 0.3 is 5.97 Å². The number of nitrogens with zero attached hydrogens (tertiary/aromatic N) is 1. The van der Waals surface area contributed by atoms with E-state index in [1.165, 1.54) is 16.7 Å². The van der Waals surface area contributed by atoms with Crippen molar-refractivity contribution in [3.8, 4) is 0 Å². The Hall–Kier alpha value is -1.51. The molecule has 0 saturated carbocycles. The Morgan fingerprint density at radius 2 is 2.37 bits per heavy atom. The monoisotopic (exact) mass is 285 g/mol. The van der Waals surface area contributed by atoms with E-state index in [2.05, 4.69) is 10.3 Å². The predicted molar refractivity (Wildman–Crippen MR) is 68.1 cm³/mol. The first-order chi connectivity index (χ1) is 9.08. The van der Waals surface area contributed by atoms with Crippen molar-refractivity contribution in [2.75, 3.05) is 19.8 Å². The van der Waals surface area contributed by atoms with E-state index in [4.69, 9.17) is 15.6 Å². The van der Waals surface area contributed by atoms with Crippen LogP contribution in [0.4, 0.5) is 0 Å². The number of carboxylic acid groups (broad SMARTS) is 1. The number of ether oxygens (including phenoxy) is 1. The molecule has 0 aromatic carbocycles. The van der Waals surface area contributed by atoms with Crippen molar-refractivity contribution in [2.45, 2.75) is 12.5 Å². The number of carbonyl (C=O) groups excluding carboxylic acids is 1. The number of hydrogen-bond donors (Lipinski definition) is 3. The number of carboxylic acids is 1. The summed E-state index contributed by atoms with van der Waals surface area (Å²) in [5.74, 6) is -1.47. The Bertz CT molecular complexity index is 476. The zero-order valence-corrected chi connectivity index (χ0v) is 11.0. The maximum atomic E-state index is 11.8. The summed E-state index contributed by atoms with van der Waals surface area (Å²) in [5, 5.41) is 13.7. The number of rotatable bonds is 5. The first kappa shape index (κ1) is 13.9. The molecule has 7 nitrogen and oxygen atoms in total. The minimum Gasteiger partial charge on any atom is -0.476 e. The van der Waals surface area contributed by atoms with Crippen molar-refractivity contribution in [3.05, 3.63) is 16.1 Å². The van der Waals surface area contributed by atoms with Gasteiger partial charge in [-0.2, -0.15) is 0 Å². The number of aromatic nitrogens is 1. The molecule has 104 valence electrons. The van der Waals surface area contributed by atoms with Gasteiger partial charge in [0.15, 0.2) is 5.69 Å². The zero-order chi connectivity index (χ0) is 13.8. The van der Waals surface area contributed by atoms with E-state index in [1.807, 2.05) is 0 Å². The molecule has 1 aromatic rings. The molecular formula is C11H15N3O4S. The van der Waals surface area contributed by atoms with Crippen molar-refractivity contribution in [2.24, 2.45) is 11.7 Å². The van der Waals surface area contributed by atoms with Crippen molar-refractivity contribution >= 4 is 23.2 Å². The topological polar surface area (TPSA) is 115 Å². The highest BCUT2D eigenvalue weighted by molar-refractivity contribution is 7.09. The van der Waals surface area contributed by atoms with Crippen LogP contribution in [-0.4, -0.2) is 47.8 Å². The maximum absolute atomic E-state index is 11.8. The van der Waals surface area contributed by atoms with Gasteiger partial charge in [-0.3, -0.25) is 4.79 Å². The Balaban J connectivity index is 1.76. The number of aromatic carboxylic acids is 1. The van der Waals surface area contributed by atoms with E-state index >= 15 is 0 Å². The molecule has 8 heteroatoms. The van der Waals surface area contributed by atoms with Crippen molar-refractivity contribution in [1.82, 2.24) is 10.3 Å². The van der Waals surface area contributed by atoms with Crippen LogP contribution in [0.15, 0.2) is 5.38 Å². The lowest BCUT2D eigenvalue weighted by atomic mass is 10.0. The summed E-state index contributed by atoms with van der Waals surface area (Å²) in [7, 11) is 0. The van der Waals surface area contributed by atoms with Crippen LogP contribution in [0.5, 0.6) is 0 Å². The van der Waals surface area contributed by atoms with Crippen LogP contribution in [0.25, 0.3) is 0 Å². The molecular weight excluding hydrogens is 270 g/mol. The van der Waals surface area contributed by atoms with Gasteiger partial charge in [0.25, 0.3) is 0 Å². The number of nitrogens with two attached hydrogens (primary N) is 1. The fourth-order valence-electron chi connectivity index (χ4n) is 1.79. The lowest BCUT2D eigenvalue weighted by molar-refractivity contribution is -0.125. The molecule has 2 unspecified atom stereocenters. The van der Waals surface area contributed by atoms with Crippen LogP contribution in [0.2, 0.25) is 0 Å². The van der Waals surface area contributed by atoms with Gasteiger partial charge < -0.3 is 20.9 Å². The predicted octanol–water partition coefficient (Wildman–Crippen LogP) is -0.526. The number of hydrogen-bond acceptors (Lipinski definition) is 6. The molecule has 2 heterocycles. The highest BCUT2D eigenvalue weighted by Gasteiger charge is 2.30. The van der Waals surface area contributed by atoms with E-state index in [0.29, 0.717) is 31.2 Å². The third kappa shape index (κ3) is 3.49. The van der Waals surface area contributed by atoms with Crippen molar-refractivity contribution < 1.29 is 19.4 Å². The minimum atomic E-state index is -1.04. The van der Waals surface area contributed by atoms with Crippen molar-refractivity contribution in [3.63, 3.8) is 0 Å². The number of amides is 1.